The molecule has 9 nitrogen and oxygen atoms in total. The van der Waals surface area contributed by atoms with Gasteiger partial charge in [-0.25, -0.2) is 18.7 Å². The van der Waals surface area contributed by atoms with E-state index >= 15 is 0 Å². The summed E-state index contributed by atoms with van der Waals surface area (Å²) in [6.45, 7) is 0.771. The predicted molar refractivity (Wildman–Crippen MR) is 117 cm³/mol. The summed E-state index contributed by atoms with van der Waals surface area (Å²) in [7, 11) is 0. The number of rotatable bonds is 6. The van der Waals surface area contributed by atoms with Crippen molar-refractivity contribution >= 4 is 11.8 Å². The number of hydrogen-bond acceptors (Lipinski definition) is 7. The molecule has 1 atom stereocenters. The Hall–Kier alpha value is -4.15. The van der Waals surface area contributed by atoms with E-state index in [1.165, 1.54) is 12.3 Å². The van der Waals surface area contributed by atoms with Gasteiger partial charge in [-0.3, -0.25) is 9.48 Å². The summed E-state index contributed by atoms with van der Waals surface area (Å²) in [6.07, 6.45) is 3.61. The van der Waals surface area contributed by atoms with Crippen molar-refractivity contribution in [1.29, 1.82) is 0 Å². The Morgan fingerprint density at radius 3 is 2.79 bits per heavy atom. The highest BCUT2D eigenvalue weighted by Crippen LogP contribution is 2.28. The maximum Gasteiger partial charge on any atom is 0.308 e. The van der Waals surface area contributed by atoms with E-state index in [0.717, 1.165) is 6.20 Å². The number of piperidine rings is 1. The molecule has 0 spiro atoms. The average molecular weight is 466 g/mol. The van der Waals surface area contributed by atoms with Crippen LogP contribution >= 0.6 is 0 Å². The quantitative estimate of drug-likeness (QED) is 0.459. The Kier molecular flexibility index (Phi) is 5.74. The van der Waals surface area contributed by atoms with Gasteiger partial charge >= 0.3 is 5.97 Å². The second-order valence-electron chi connectivity index (χ2n) is 8.04. The molecular formula is C23H20F2N6O3. The largest absolute Gasteiger partial charge is 0.481 e. The lowest BCUT2D eigenvalue weighted by Gasteiger charge is -2.31. The lowest BCUT2D eigenvalue weighted by Crippen LogP contribution is -2.39. The smallest absolute Gasteiger partial charge is 0.308 e. The number of carboxylic acids is 1. The van der Waals surface area contributed by atoms with Crippen LogP contribution in [0.15, 0.2) is 53.4 Å². The van der Waals surface area contributed by atoms with Crippen molar-refractivity contribution in [2.75, 3.05) is 18.0 Å². The van der Waals surface area contributed by atoms with Gasteiger partial charge in [0, 0.05) is 24.7 Å². The Labute approximate surface area is 192 Å². The van der Waals surface area contributed by atoms with Crippen molar-refractivity contribution in [3.05, 3.63) is 66.1 Å². The van der Waals surface area contributed by atoms with Gasteiger partial charge in [-0.2, -0.15) is 5.10 Å². The molecule has 0 saturated carbocycles. The fourth-order valence-corrected chi connectivity index (χ4v) is 4.06. The van der Waals surface area contributed by atoms with Gasteiger partial charge in [0.05, 0.1) is 24.4 Å². The molecule has 1 aliphatic heterocycles. The molecule has 34 heavy (non-hydrogen) atoms. The molecular weight excluding hydrogens is 446 g/mol. The molecule has 0 amide bonds. The van der Waals surface area contributed by atoms with Crippen LogP contribution in [0.4, 0.5) is 14.6 Å². The Morgan fingerprint density at radius 2 is 2.03 bits per heavy atom. The van der Waals surface area contributed by atoms with Crippen LogP contribution in [0, 0.1) is 17.6 Å². The van der Waals surface area contributed by atoms with Crippen molar-refractivity contribution in [1.82, 2.24) is 24.9 Å². The first kappa shape index (κ1) is 21.7. The number of hydrogen-bond donors (Lipinski definition) is 1. The van der Waals surface area contributed by atoms with Gasteiger partial charge in [0.15, 0.2) is 17.5 Å². The van der Waals surface area contributed by atoms with Crippen LogP contribution in [-0.2, 0) is 11.3 Å². The summed E-state index contributed by atoms with van der Waals surface area (Å²) in [6, 6.07) is 9.69. The SMILES string of the molecule is O=C(O)C1CCCN(c2nc(-c3cc(-c4ccon4)n(Cc4ccccc4F)n3)ncc2F)C1. The van der Waals surface area contributed by atoms with Crippen LogP contribution in [0.25, 0.3) is 22.9 Å². The maximum atomic E-state index is 14.6. The topological polar surface area (TPSA) is 110 Å². The second kappa shape index (κ2) is 9.00. The van der Waals surface area contributed by atoms with Gasteiger partial charge in [-0.15, -0.1) is 0 Å². The first-order chi connectivity index (χ1) is 16.5. The van der Waals surface area contributed by atoms with Crippen LogP contribution in [0.5, 0.6) is 0 Å². The molecule has 1 saturated heterocycles. The van der Waals surface area contributed by atoms with Crippen LogP contribution < -0.4 is 4.90 Å². The van der Waals surface area contributed by atoms with Crippen molar-refractivity contribution in [2.45, 2.75) is 19.4 Å². The van der Waals surface area contributed by atoms with Gasteiger partial charge in [-0.05, 0) is 25.0 Å². The molecule has 4 aromatic rings. The monoisotopic (exact) mass is 466 g/mol. The second-order valence-corrected chi connectivity index (χ2v) is 8.04. The minimum absolute atomic E-state index is 0.0302. The summed E-state index contributed by atoms with van der Waals surface area (Å²) in [4.78, 5) is 21.5. The molecule has 4 heterocycles. The molecule has 1 aromatic carbocycles. The van der Waals surface area contributed by atoms with Crippen LogP contribution in [0.3, 0.4) is 0 Å². The highest BCUT2D eigenvalue weighted by molar-refractivity contribution is 5.71. The van der Waals surface area contributed by atoms with E-state index < -0.39 is 17.7 Å². The van der Waals surface area contributed by atoms with Crippen LogP contribution in [0.2, 0.25) is 0 Å². The van der Waals surface area contributed by atoms with Gasteiger partial charge < -0.3 is 14.5 Å². The summed E-state index contributed by atoms with van der Waals surface area (Å²) < 4.78 is 35.4. The normalized spacial score (nSPS) is 16.1. The molecule has 174 valence electrons. The maximum absolute atomic E-state index is 14.6. The Morgan fingerprint density at radius 1 is 1.18 bits per heavy atom. The van der Waals surface area contributed by atoms with Crippen molar-refractivity contribution in [3.8, 4) is 22.9 Å². The predicted octanol–water partition coefficient (Wildman–Crippen LogP) is 3.62. The fourth-order valence-electron chi connectivity index (χ4n) is 4.06. The fraction of sp³-hybridized carbons (Fsp3) is 0.261. The van der Waals surface area contributed by atoms with Gasteiger partial charge in [-0.1, -0.05) is 23.4 Å². The summed E-state index contributed by atoms with van der Waals surface area (Å²) in [5.41, 5.74) is 1.79. The number of aliphatic carboxylic acids is 1. The lowest BCUT2D eigenvalue weighted by molar-refractivity contribution is -0.141. The molecule has 0 bridgehead atoms. The van der Waals surface area contributed by atoms with E-state index in [4.69, 9.17) is 4.52 Å². The molecule has 11 heteroatoms. The zero-order chi connectivity index (χ0) is 23.7. The number of carbonyl (C=O) groups is 1. The number of carboxylic acid groups (broad SMARTS) is 1. The highest BCUT2D eigenvalue weighted by Gasteiger charge is 2.28. The molecule has 1 unspecified atom stereocenters. The van der Waals surface area contributed by atoms with Gasteiger partial charge in [0.25, 0.3) is 0 Å². The third kappa shape index (κ3) is 4.24. The molecule has 3 aromatic heterocycles. The van der Waals surface area contributed by atoms with Crippen LogP contribution in [0.1, 0.15) is 18.4 Å². The van der Waals surface area contributed by atoms with Crippen molar-refractivity contribution < 1.29 is 23.2 Å². The van der Waals surface area contributed by atoms with E-state index in [0.29, 0.717) is 42.0 Å². The third-order valence-electron chi connectivity index (χ3n) is 5.78. The average Bonchev–Trinajstić information content (AvgIpc) is 3.51. The van der Waals surface area contributed by atoms with E-state index in [-0.39, 0.29) is 30.5 Å². The zero-order valence-electron chi connectivity index (χ0n) is 17.9. The van der Waals surface area contributed by atoms with Crippen LogP contribution in [-0.4, -0.2) is 49.1 Å². The molecule has 0 radical (unpaired) electrons. The minimum Gasteiger partial charge on any atom is -0.481 e. The lowest BCUT2D eigenvalue weighted by atomic mass is 9.98. The van der Waals surface area contributed by atoms with E-state index in [2.05, 4.69) is 20.2 Å². The zero-order valence-corrected chi connectivity index (χ0v) is 17.9. The molecule has 1 N–H and O–H groups in total. The number of nitrogens with zero attached hydrogens (tertiary/aromatic N) is 6. The number of benzene rings is 1. The van der Waals surface area contributed by atoms with E-state index in [1.807, 2.05) is 0 Å². The number of halogens is 2. The van der Waals surface area contributed by atoms with Crippen molar-refractivity contribution in [3.63, 3.8) is 0 Å². The molecule has 1 fully saturated rings. The summed E-state index contributed by atoms with van der Waals surface area (Å²) in [5, 5.41) is 17.9. The third-order valence-corrected chi connectivity index (χ3v) is 5.78. The standard InChI is InChI=1S/C23H20F2N6O3/c24-16-6-2-1-4-14(16)13-31-20(18-7-9-34-29-18)10-19(28-31)21-26-11-17(25)22(27-21)30-8-3-5-15(12-30)23(32)33/h1-2,4,6-7,9-11,15H,3,5,8,12-13H2,(H,32,33). The van der Waals surface area contributed by atoms with Gasteiger partial charge in [0.1, 0.15) is 23.5 Å². The first-order valence-electron chi connectivity index (χ1n) is 10.7. The molecule has 5 rings (SSSR count). The molecule has 1 aliphatic rings. The Balaban J connectivity index is 1.52. The summed E-state index contributed by atoms with van der Waals surface area (Å²) >= 11 is 0. The Bertz CT molecular complexity index is 1320. The van der Waals surface area contributed by atoms with Crippen molar-refractivity contribution in [2.24, 2.45) is 5.92 Å². The molecule has 0 aliphatic carbocycles. The number of anilines is 1. The summed E-state index contributed by atoms with van der Waals surface area (Å²) in [5.74, 6) is -2.33. The van der Waals surface area contributed by atoms with E-state index in [9.17, 15) is 18.7 Å². The number of aromatic nitrogens is 5. The highest BCUT2D eigenvalue weighted by atomic mass is 19.1. The van der Waals surface area contributed by atoms with Gasteiger partial charge in [0.2, 0.25) is 0 Å². The first-order valence-corrected chi connectivity index (χ1v) is 10.7. The van der Waals surface area contributed by atoms with E-state index in [1.54, 1.807) is 39.9 Å². The minimum atomic E-state index is -0.913.